The molecular formula is C23H22NO6-. The van der Waals surface area contributed by atoms with E-state index in [4.69, 9.17) is 9.47 Å². The third-order valence-electron chi connectivity index (χ3n) is 4.50. The molecule has 2 aromatic rings. The molecule has 0 unspecified atom stereocenters. The van der Waals surface area contributed by atoms with Crippen LogP contribution in [0.5, 0.6) is 11.5 Å². The Kier molecular flexibility index (Phi) is 6.51. The highest BCUT2D eigenvalue weighted by atomic mass is 16.5. The topological polar surface area (TPSA) is 96.0 Å². The number of carboxylic acid groups (broad SMARTS) is 1. The average molecular weight is 408 g/mol. The zero-order chi connectivity index (χ0) is 21.7. The van der Waals surface area contributed by atoms with Gasteiger partial charge in [0.1, 0.15) is 0 Å². The summed E-state index contributed by atoms with van der Waals surface area (Å²) in [5, 5.41) is 11.1. The second-order valence-corrected chi connectivity index (χ2v) is 6.66. The minimum atomic E-state index is -1.51. The summed E-state index contributed by atoms with van der Waals surface area (Å²) in [4.78, 5) is 37.3. The van der Waals surface area contributed by atoms with Crippen molar-refractivity contribution in [3.05, 3.63) is 59.2 Å². The third-order valence-corrected chi connectivity index (χ3v) is 4.50. The fourth-order valence-electron chi connectivity index (χ4n) is 3.20. The smallest absolute Gasteiger partial charge is 0.261 e. The van der Waals surface area contributed by atoms with E-state index in [9.17, 15) is 19.5 Å². The number of amides is 2. The van der Waals surface area contributed by atoms with Crippen LogP contribution >= 0.6 is 0 Å². The molecule has 7 nitrogen and oxygen atoms in total. The van der Waals surface area contributed by atoms with Crippen molar-refractivity contribution in [2.45, 2.75) is 20.3 Å². The van der Waals surface area contributed by atoms with Crippen LogP contribution in [0, 0.1) is 0 Å². The number of hydrogen-bond acceptors (Lipinski definition) is 6. The van der Waals surface area contributed by atoms with Crippen LogP contribution in [0.2, 0.25) is 0 Å². The molecule has 3 rings (SSSR count). The zero-order valence-electron chi connectivity index (χ0n) is 16.8. The van der Waals surface area contributed by atoms with Crippen LogP contribution in [-0.4, -0.2) is 42.4 Å². The van der Waals surface area contributed by atoms with E-state index in [-0.39, 0.29) is 11.1 Å². The Morgan fingerprint density at radius 1 is 1.00 bits per heavy atom. The van der Waals surface area contributed by atoms with Crippen LogP contribution in [-0.2, 0) is 9.59 Å². The highest BCUT2D eigenvalue weighted by Gasteiger charge is 2.34. The quantitative estimate of drug-likeness (QED) is 0.491. The van der Waals surface area contributed by atoms with Gasteiger partial charge in [-0.1, -0.05) is 31.2 Å². The Labute approximate surface area is 174 Å². The van der Waals surface area contributed by atoms with Crippen molar-refractivity contribution < 1.29 is 29.0 Å². The number of carboxylic acids is 1. The van der Waals surface area contributed by atoms with Gasteiger partial charge in [-0.05, 0) is 48.7 Å². The Morgan fingerprint density at radius 2 is 1.73 bits per heavy atom. The van der Waals surface area contributed by atoms with E-state index < -0.39 is 24.3 Å². The van der Waals surface area contributed by atoms with Crippen LogP contribution in [0.15, 0.2) is 42.5 Å². The Balaban J connectivity index is 2.07. The highest BCUT2D eigenvalue weighted by molar-refractivity contribution is 6.34. The van der Waals surface area contributed by atoms with Gasteiger partial charge in [0.2, 0.25) is 0 Å². The maximum atomic E-state index is 12.9. The van der Waals surface area contributed by atoms with Crippen LogP contribution in [0.1, 0.15) is 41.8 Å². The van der Waals surface area contributed by atoms with Gasteiger partial charge in [0.15, 0.2) is 11.5 Å². The Morgan fingerprint density at radius 3 is 2.40 bits per heavy atom. The molecule has 0 aliphatic carbocycles. The number of carbonyl (C=O) groups is 3. The first kappa shape index (κ1) is 21.1. The molecule has 7 heteroatoms. The second-order valence-electron chi connectivity index (χ2n) is 6.66. The predicted octanol–water partition coefficient (Wildman–Crippen LogP) is 2.15. The molecule has 0 atom stereocenters. The largest absolute Gasteiger partial charge is 0.548 e. The summed E-state index contributed by atoms with van der Waals surface area (Å²) in [5.41, 5.74) is 1.59. The summed E-state index contributed by atoms with van der Waals surface area (Å²) in [6, 6.07) is 11.9. The van der Waals surface area contributed by atoms with Crippen molar-refractivity contribution in [2.75, 3.05) is 19.8 Å². The molecule has 0 radical (unpaired) electrons. The fraction of sp³-hybridized carbons (Fsp3) is 0.261. The van der Waals surface area contributed by atoms with Crippen molar-refractivity contribution >= 4 is 29.4 Å². The van der Waals surface area contributed by atoms with Gasteiger partial charge in [0.25, 0.3) is 11.8 Å². The van der Waals surface area contributed by atoms with E-state index in [0.717, 1.165) is 6.42 Å². The molecule has 0 fully saturated rings. The minimum Gasteiger partial charge on any atom is -0.548 e. The number of nitrogens with zero attached hydrogens (tertiary/aromatic N) is 1. The van der Waals surface area contributed by atoms with Gasteiger partial charge < -0.3 is 19.4 Å². The van der Waals surface area contributed by atoms with E-state index >= 15 is 0 Å². The van der Waals surface area contributed by atoms with Crippen LogP contribution < -0.4 is 14.6 Å². The maximum absolute atomic E-state index is 12.9. The van der Waals surface area contributed by atoms with Gasteiger partial charge in [-0.15, -0.1) is 0 Å². The lowest BCUT2D eigenvalue weighted by molar-refractivity contribution is -0.305. The number of rotatable bonds is 8. The summed E-state index contributed by atoms with van der Waals surface area (Å²) in [7, 11) is 0. The normalized spacial score (nSPS) is 14.6. The highest BCUT2D eigenvalue weighted by Crippen LogP contribution is 2.33. The molecular weight excluding hydrogens is 386 g/mol. The lowest BCUT2D eigenvalue weighted by atomic mass is 9.92. The zero-order valence-corrected chi connectivity index (χ0v) is 16.8. The molecule has 1 heterocycles. The van der Waals surface area contributed by atoms with Crippen molar-refractivity contribution in [1.29, 1.82) is 0 Å². The molecule has 0 saturated heterocycles. The molecule has 0 N–H and O–H groups in total. The summed E-state index contributed by atoms with van der Waals surface area (Å²) in [6.45, 7) is 4.05. The van der Waals surface area contributed by atoms with Gasteiger partial charge in [-0.2, -0.15) is 0 Å². The van der Waals surface area contributed by atoms with Gasteiger partial charge in [-0.3, -0.25) is 14.5 Å². The molecule has 156 valence electrons. The van der Waals surface area contributed by atoms with E-state index in [2.05, 4.69) is 0 Å². The first-order chi connectivity index (χ1) is 14.5. The van der Waals surface area contributed by atoms with Gasteiger partial charge in [0.05, 0.1) is 25.7 Å². The maximum Gasteiger partial charge on any atom is 0.261 e. The number of fused-ring (bicyclic) bond motifs is 1. The van der Waals surface area contributed by atoms with E-state index in [0.29, 0.717) is 40.7 Å². The molecule has 2 amide bonds. The van der Waals surface area contributed by atoms with Crippen LogP contribution in [0.3, 0.4) is 0 Å². The second kappa shape index (κ2) is 9.26. The first-order valence-electron chi connectivity index (χ1n) is 9.73. The standard InChI is InChI=1S/C23H23NO6/c1-3-11-30-19-10-9-15(13-20(19)29-4-2)12-18-16-7-5-6-8-17(16)22(27)24(23(18)28)14-21(25)26/h5-10,12-13H,3-4,11,14H2,1-2H3,(H,25,26)/p-1/b18-12-. The molecule has 1 aliphatic heterocycles. The van der Waals surface area contributed by atoms with Crippen molar-refractivity contribution in [3.8, 4) is 11.5 Å². The SMILES string of the molecule is CCCOc1ccc(/C=C2\C(=O)N(CC(=O)[O-])C(=O)c3ccccc32)cc1OCC. The summed E-state index contributed by atoms with van der Waals surface area (Å²) < 4.78 is 11.4. The summed E-state index contributed by atoms with van der Waals surface area (Å²) >= 11 is 0. The molecule has 0 saturated carbocycles. The van der Waals surface area contributed by atoms with Crippen molar-refractivity contribution in [3.63, 3.8) is 0 Å². The molecule has 0 spiro atoms. The predicted molar refractivity (Wildman–Crippen MR) is 109 cm³/mol. The number of carbonyl (C=O) groups excluding carboxylic acids is 3. The average Bonchev–Trinajstić information content (AvgIpc) is 2.73. The fourth-order valence-corrected chi connectivity index (χ4v) is 3.20. The summed E-state index contributed by atoms with van der Waals surface area (Å²) in [5.74, 6) is -1.71. The molecule has 0 aromatic heterocycles. The minimum absolute atomic E-state index is 0.219. The Hall–Kier alpha value is -3.61. The van der Waals surface area contributed by atoms with Gasteiger partial charge in [-0.25, -0.2) is 0 Å². The van der Waals surface area contributed by atoms with Gasteiger partial charge in [0, 0.05) is 11.1 Å². The van der Waals surface area contributed by atoms with Crippen LogP contribution in [0.4, 0.5) is 0 Å². The van der Waals surface area contributed by atoms with Crippen molar-refractivity contribution in [2.24, 2.45) is 0 Å². The molecule has 2 aromatic carbocycles. The number of hydrogen-bond donors (Lipinski definition) is 0. The van der Waals surface area contributed by atoms with Crippen LogP contribution in [0.25, 0.3) is 11.6 Å². The monoisotopic (exact) mass is 408 g/mol. The first-order valence-corrected chi connectivity index (χ1v) is 9.73. The molecule has 1 aliphatic rings. The number of ether oxygens (including phenoxy) is 2. The van der Waals surface area contributed by atoms with Gasteiger partial charge >= 0.3 is 0 Å². The van der Waals surface area contributed by atoms with E-state index in [1.807, 2.05) is 13.8 Å². The van der Waals surface area contributed by atoms with Crippen molar-refractivity contribution in [1.82, 2.24) is 4.90 Å². The molecule has 30 heavy (non-hydrogen) atoms. The Bertz CT molecular complexity index is 1010. The van der Waals surface area contributed by atoms with E-state index in [1.165, 1.54) is 0 Å². The number of aliphatic carboxylic acids is 1. The lowest BCUT2D eigenvalue weighted by Gasteiger charge is -2.28. The number of imide groups is 1. The third kappa shape index (κ3) is 4.35. The van der Waals surface area contributed by atoms with E-state index in [1.54, 1.807) is 48.5 Å². The lowest BCUT2D eigenvalue weighted by Crippen LogP contribution is -2.47. The molecule has 0 bridgehead atoms. The number of benzene rings is 2. The summed E-state index contributed by atoms with van der Waals surface area (Å²) in [6.07, 6.45) is 2.47.